The van der Waals surface area contributed by atoms with Gasteiger partial charge >= 0.3 is 11.9 Å². The Morgan fingerprint density at radius 2 is 1.12 bits per heavy atom. The number of rotatable bonds is 16. The van der Waals surface area contributed by atoms with Gasteiger partial charge < -0.3 is 58.2 Å². The highest BCUT2D eigenvalue weighted by atomic mass is 35.5. The molecule has 1 saturated heterocycles. The van der Waals surface area contributed by atoms with Crippen molar-refractivity contribution in [2.75, 3.05) is 49.1 Å². The number of hydrogen-bond acceptors (Lipinski definition) is 13. The summed E-state index contributed by atoms with van der Waals surface area (Å²) in [7, 11) is 0. The van der Waals surface area contributed by atoms with E-state index in [-0.39, 0.29) is 110 Å². The second-order valence-corrected chi connectivity index (χ2v) is 21.9. The van der Waals surface area contributed by atoms with Gasteiger partial charge in [0, 0.05) is 81.4 Å². The molecular formula is C57H82ClN7O13. The average Bonchev–Trinajstić information content (AvgIpc) is 3.81. The molecule has 1 atom stereocenters. The summed E-state index contributed by atoms with van der Waals surface area (Å²) in [4.78, 5) is 111. The van der Waals surface area contributed by atoms with E-state index in [9.17, 15) is 38.4 Å². The van der Waals surface area contributed by atoms with Crippen LogP contribution in [0, 0.1) is 20.8 Å². The second-order valence-electron chi connectivity index (χ2n) is 21.9. The van der Waals surface area contributed by atoms with E-state index in [1.54, 1.807) is 86.3 Å². The summed E-state index contributed by atoms with van der Waals surface area (Å²) in [5.74, 6) is -0.256. The first-order valence-electron chi connectivity index (χ1n) is 27.3. The molecule has 2 N–H and O–H groups in total. The second kappa shape index (κ2) is 26.4. The van der Waals surface area contributed by atoms with Gasteiger partial charge in [-0.05, 0) is 137 Å². The number of benzene rings is 2. The van der Waals surface area contributed by atoms with Gasteiger partial charge in [-0.25, -0.2) is 9.59 Å². The molecule has 3 aliphatic heterocycles. The lowest BCUT2D eigenvalue weighted by Gasteiger charge is -2.42. The number of carbonyl (C=O) groups is 7. The van der Waals surface area contributed by atoms with Gasteiger partial charge in [0.1, 0.15) is 11.5 Å². The largest absolute Gasteiger partial charge is 0.519 e. The van der Waals surface area contributed by atoms with Crippen LogP contribution in [0.1, 0.15) is 170 Å². The first-order valence-corrected chi connectivity index (χ1v) is 27.3. The van der Waals surface area contributed by atoms with Crippen molar-refractivity contribution in [2.24, 2.45) is 0 Å². The number of carbonyl (C=O) groups excluding carboxylic acids is 7. The molecule has 4 heterocycles. The lowest BCUT2D eigenvalue weighted by molar-refractivity contribution is -0.133. The fraction of sp³-hybridized carbons (Fsp3) is 0.614. The van der Waals surface area contributed by atoms with E-state index in [2.05, 4.69) is 24.5 Å². The van der Waals surface area contributed by atoms with Gasteiger partial charge in [0.15, 0.2) is 29.3 Å². The zero-order valence-electron chi connectivity index (χ0n) is 47.9. The number of hydrogen-bond donors (Lipinski definition) is 2. The number of anilines is 2. The molecule has 1 saturated carbocycles. The Kier molecular flexibility index (Phi) is 21.1. The fourth-order valence-electron chi connectivity index (χ4n) is 10.6. The van der Waals surface area contributed by atoms with E-state index in [1.165, 1.54) is 6.42 Å². The Morgan fingerprint density at radius 1 is 0.667 bits per heavy atom. The van der Waals surface area contributed by atoms with Crippen molar-refractivity contribution in [3.8, 4) is 11.5 Å². The van der Waals surface area contributed by atoms with Crippen molar-refractivity contribution in [3.05, 3.63) is 68.7 Å². The Labute approximate surface area is 464 Å². The first kappa shape index (κ1) is 62.3. The summed E-state index contributed by atoms with van der Waals surface area (Å²) in [6.45, 7) is 25.3. The number of halogens is 1. The number of fused-ring (bicyclic) bond motifs is 2. The van der Waals surface area contributed by atoms with Gasteiger partial charge in [-0.15, -0.1) is 12.4 Å². The lowest BCUT2D eigenvalue weighted by atomic mass is 9.92. The highest BCUT2D eigenvalue weighted by molar-refractivity contribution is 6.06. The van der Waals surface area contributed by atoms with Crippen molar-refractivity contribution in [1.29, 1.82) is 0 Å². The van der Waals surface area contributed by atoms with Crippen molar-refractivity contribution in [3.63, 3.8) is 0 Å². The zero-order chi connectivity index (χ0) is 56.7. The minimum absolute atomic E-state index is 0. The monoisotopic (exact) mass is 1110 g/mol. The quantitative estimate of drug-likeness (QED) is 0.138. The molecule has 3 aromatic rings. The third-order valence-electron chi connectivity index (χ3n) is 14.6. The summed E-state index contributed by atoms with van der Waals surface area (Å²) in [5.41, 5.74) is 1.46. The molecule has 20 nitrogen and oxygen atoms in total. The van der Waals surface area contributed by atoms with Gasteiger partial charge in [-0.1, -0.05) is 33.1 Å². The third kappa shape index (κ3) is 14.4. The summed E-state index contributed by atoms with van der Waals surface area (Å²) in [6, 6.07) is 6.99. The van der Waals surface area contributed by atoms with Crippen LogP contribution in [0.2, 0.25) is 0 Å². The van der Waals surface area contributed by atoms with Crippen molar-refractivity contribution >= 4 is 65.3 Å². The molecule has 2 aromatic carbocycles. The van der Waals surface area contributed by atoms with Gasteiger partial charge in [-0.3, -0.25) is 28.8 Å². The molecule has 0 unspecified atom stereocenters. The Hall–Kier alpha value is -6.57. The number of aryl methyl sites for hydroxylation is 3. The van der Waals surface area contributed by atoms with Crippen molar-refractivity contribution in [1.82, 2.24) is 25.3 Å². The molecule has 430 valence electrons. The smallest absolute Gasteiger partial charge is 0.476 e. The fourth-order valence-corrected chi connectivity index (χ4v) is 10.6. The molecule has 7 rings (SSSR count). The van der Waals surface area contributed by atoms with Crippen LogP contribution in [0.5, 0.6) is 11.5 Å². The Bertz CT molecular complexity index is 2740. The van der Waals surface area contributed by atoms with Crippen LogP contribution in [0.25, 0.3) is 0 Å². The van der Waals surface area contributed by atoms with E-state index in [4.69, 9.17) is 23.0 Å². The summed E-state index contributed by atoms with van der Waals surface area (Å²) in [6.07, 6.45) is 7.10. The summed E-state index contributed by atoms with van der Waals surface area (Å²) in [5, 5.41) is 5.64. The number of nitrogens with one attached hydrogen (secondary N) is 2. The number of likely N-dealkylation sites (tertiary alicyclic amines) is 1. The number of amides is 7. The van der Waals surface area contributed by atoms with Crippen LogP contribution >= 0.6 is 12.4 Å². The van der Waals surface area contributed by atoms with E-state index in [0.717, 1.165) is 31.2 Å². The van der Waals surface area contributed by atoms with Gasteiger partial charge in [0.05, 0.1) is 17.4 Å². The van der Waals surface area contributed by atoms with Crippen LogP contribution in [-0.2, 0) is 30.5 Å². The minimum atomic E-state index is -1.12. The molecule has 0 radical (unpaired) electrons. The number of nitrogens with zero attached hydrogens (tertiary/aromatic N) is 5. The minimum Gasteiger partial charge on any atom is -0.476 e. The topological polar surface area (TPSA) is 231 Å². The molecule has 1 aliphatic carbocycles. The van der Waals surface area contributed by atoms with E-state index < -0.39 is 23.1 Å². The molecule has 0 bridgehead atoms. The molecule has 0 spiro atoms. The first-order chi connectivity index (χ1) is 36.3. The van der Waals surface area contributed by atoms with E-state index >= 15 is 0 Å². The van der Waals surface area contributed by atoms with Gasteiger partial charge in [-0.2, -0.15) is 0 Å². The standard InChI is InChI=1S/C31H42N4O9.C26H39N3O4.ClH/c1-8-26(36)32-11-13-34-23-15-22(19(4)14-24(23)44-31(6,7)28(34)38)27(37)35(18(2)3)21-10-9-12-33(16-21)29(39)41-17-25-20(5)42-30(40)43-25;1-7-23(30)27-13-14-28-21-16-20(18(4)15-22(21)33-26(5,6)25(28)32)24(31)29(17(2)3)19-11-9-8-10-12-19;/h14-15,18,21H,8-13,16-17H2,1-7H3,(H,32,36);15-17,19H,7-14H2,1-6H3,(H,27,30);1H/t21-;;/m1../s1. The molecular weight excluding hydrogens is 1030 g/mol. The molecule has 7 amide bonds. The van der Waals surface area contributed by atoms with Crippen molar-refractivity contribution in [2.45, 2.75) is 190 Å². The zero-order valence-corrected chi connectivity index (χ0v) is 48.7. The maximum absolute atomic E-state index is 14.2. The molecule has 78 heavy (non-hydrogen) atoms. The third-order valence-corrected chi connectivity index (χ3v) is 14.6. The van der Waals surface area contributed by atoms with Crippen LogP contribution in [0.3, 0.4) is 0 Å². The van der Waals surface area contributed by atoms with Crippen LogP contribution in [0.15, 0.2) is 37.9 Å². The SMILES string of the molecule is CCC(=O)NCCN1C(=O)C(C)(C)Oc2cc(C)c(C(=O)N(C(C)C)C3CCCCC3)cc21.CCC(=O)NCCN1C(=O)C(C)(C)Oc2cc(C)c(C(=O)N(C(C)C)[C@@H]3CCCN(C(=O)OCc4oc(=O)oc4C)C3)cc21.Cl. The number of piperidine rings is 1. The molecule has 2 fully saturated rings. The van der Waals surface area contributed by atoms with Crippen LogP contribution in [0.4, 0.5) is 16.2 Å². The average molecular weight is 1110 g/mol. The highest BCUT2D eigenvalue weighted by Gasteiger charge is 2.44. The predicted octanol–water partition coefficient (Wildman–Crippen LogP) is 8.16. The normalized spacial score (nSPS) is 17.6. The van der Waals surface area contributed by atoms with Gasteiger partial charge in [0.2, 0.25) is 11.8 Å². The summed E-state index contributed by atoms with van der Waals surface area (Å²) >= 11 is 0. The Balaban J connectivity index is 0.000000295. The molecule has 21 heteroatoms. The van der Waals surface area contributed by atoms with Crippen molar-refractivity contribution < 1.29 is 56.6 Å². The molecule has 1 aromatic heterocycles. The van der Waals surface area contributed by atoms with Crippen LogP contribution in [-0.4, -0.2) is 131 Å². The summed E-state index contributed by atoms with van der Waals surface area (Å²) < 4.78 is 27.2. The maximum Gasteiger partial charge on any atom is 0.519 e. The molecule has 4 aliphatic rings. The van der Waals surface area contributed by atoms with E-state index in [1.807, 2.05) is 38.7 Å². The maximum atomic E-state index is 14.2. The predicted molar refractivity (Wildman–Crippen MR) is 297 cm³/mol. The van der Waals surface area contributed by atoms with E-state index in [0.29, 0.717) is 84.9 Å². The lowest BCUT2D eigenvalue weighted by Crippen LogP contribution is -2.55. The van der Waals surface area contributed by atoms with Crippen LogP contribution < -0.4 is 35.7 Å². The highest BCUT2D eigenvalue weighted by Crippen LogP contribution is 2.42. The van der Waals surface area contributed by atoms with Gasteiger partial charge in [0.25, 0.3) is 23.6 Å². The Morgan fingerprint density at radius 3 is 1.54 bits per heavy atom. The number of ether oxygens (including phenoxy) is 3.